The normalized spacial score (nSPS) is 10.6. The lowest BCUT2D eigenvalue weighted by Gasteiger charge is -2.07. The predicted molar refractivity (Wildman–Crippen MR) is 87.8 cm³/mol. The summed E-state index contributed by atoms with van der Waals surface area (Å²) in [4.78, 5) is 20.6. The van der Waals surface area contributed by atoms with E-state index in [0.717, 1.165) is 17.0 Å². The van der Waals surface area contributed by atoms with E-state index in [2.05, 4.69) is 20.4 Å². The van der Waals surface area contributed by atoms with Crippen LogP contribution in [-0.2, 0) is 0 Å². The van der Waals surface area contributed by atoms with Crippen LogP contribution in [0.2, 0.25) is 0 Å². The lowest BCUT2D eigenvalue weighted by Crippen LogP contribution is -2.14. The molecular formula is C17H17N5O. The highest BCUT2D eigenvalue weighted by Gasteiger charge is 2.10. The zero-order valence-corrected chi connectivity index (χ0v) is 13.2. The van der Waals surface area contributed by atoms with Crippen molar-refractivity contribution in [1.29, 1.82) is 0 Å². The van der Waals surface area contributed by atoms with Crippen LogP contribution in [0.1, 0.15) is 27.3 Å². The molecule has 1 aromatic carbocycles. The molecule has 6 nitrogen and oxygen atoms in total. The van der Waals surface area contributed by atoms with Crippen molar-refractivity contribution < 1.29 is 4.79 Å². The quantitative estimate of drug-likeness (QED) is 0.807. The summed E-state index contributed by atoms with van der Waals surface area (Å²) in [6.45, 7) is 5.82. The molecule has 0 unspecified atom stereocenters. The Morgan fingerprint density at radius 1 is 1.09 bits per heavy atom. The molecule has 0 radical (unpaired) electrons. The van der Waals surface area contributed by atoms with Gasteiger partial charge in [-0.25, -0.2) is 14.6 Å². The molecule has 1 N–H and O–H groups in total. The van der Waals surface area contributed by atoms with Crippen LogP contribution in [0.3, 0.4) is 0 Å². The summed E-state index contributed by atoms with van der Waals surface area (Å²) in [5, 5.41) is 7.17. The van der Waals surface area contributed by atoms with Gasteiger partial charge >= 0.3 is 0 Å². The number of nitrogens with zero attached hydrogens (tertiary/aromatic N) is 4. The predicted octanol–water partition coefficient (Wildman–Crippen LogP) is 2.84. The maximum atomic E-state index is 12.3. The Hall–Kier alpha value is -3.02. The van der Waals surface area contributed by atoms with Gasteiger partial charge in [0.15, 0.2) is 5.82 Å². The SMILES string of the molecule is Cc1cccc(C(=O)Nc2cc(-n3nc(C)cc3C)ncn2)c1. The Bertz CT molecular complexity index is 869. The number of rotatable bonds is 3. The Balaban J connectivity index is 1.86. The third-order valence-electron chi connectivity index (χ3n) is 3.40. The molecule has 3 rings (SSSR count). The minimum Gasteiger partial charge on any atom is -0.306 e. The average molecular weight is 307 g/mol. The minimum atomic E-state index is -0.202. The molecule has 0 atom stereocenters. The van der Waals surface area contributed by atoms with E-state index in [1.165, 1.54) is 6.33 Å². The van der Waals surface area contributed by atoms with Crippen molar-refractivity contribution >= 4 is 11.7 Å². The van der Waals surface area contributed by atoms with Gasteiger partial charge in [-0.3, -0.25) is 4.79 Å². The van der Waals surface area contributed by atoms with Gasteiger partial charge in [0, 0.05) is 17.3 Å². The number of anilines is 1. The van der Waals surface area contributed by atoms with E-state index >= 15 is 0 Å². The van der Waals surface area contributed by atoms with Crippen LogP contribution < -0.4 is 5.32 Å². The monoisotopic (exact) mass is 307 g/mol. The Morgan fingerprint density at radius 3 is 2.61 bits per heavy atom. The van der Waals surface area contributed by atoms with Gasteiger partial charge in [-0.1, -0.05) is 17.7 Å². The number of aryl methyl sites for hydroxylation is 3. The fourth-order valence-electron chi connectivity index (χ4n) is 2.37. The number of aromatic nitrogens is 4. The van der Waals surface area contributed by atoms with Gasteiger partial charge in [0.2, 0.25) is 0 Å². The summed E-state index contributed by atoms with van der Waals surface area (Å²) in [6.07, 6.45) is 1.41. The third kappa shape index (κ3) is 3.26. The van der Waals surface area contributed by atoms with Crippen LogP contribution in [0.5, 0.6) is 0 Å². The molecule has 0 saturated heterocycles. The molecule has 0 aliphatic rings. The summed E-state index contributed by atoms with van der Waals surface area (Å²) in [6, 6.07) is 11.1. The Kier molecular flexibility index (Phi) is 3.89. The first-order valence-electron chi connectivity index (χ1n) is 7.26. The molecule has 3 aromatic rings. The molecule has 23 heavy (non-hydrogen) atoms. The smallest absolute Gasteiger partial charge is 0.256 e. The third-order valence-corrected chi connectivity index (χ3v) is 3.40. The molecule has 2 heterocycles. The van der Waals surface area contributed by atoms with E-state index in [1.807, 2.05) is 45.0 Å². The van der Waals surface area contributed by atoms with E-state index in [4.69, 9.17) is 0 Å². The van der Waals surface area contributed by atoms with E-state index in [0.29, 0.717) is 17.2 Å². The highest BCUT2D eigenvalue weighted by atomic mass is 16.1. The first-order valence-corrected chi connectivity index (χ1v) is 7.26. The maximum absolute atomic E-state index is 12.3. The van der Waals surface area contributed by atoms with Gasteiger partial charge in [-0.2, -0.15) is 5.10 Å². The highest BCUT2D eigenvalue weighted by molar-refractivity contribution is 6.03. The van der Waals surface area contributed by atoms with Crippen LogP contribution in [0.25, 0.3) is 5.82 Å². The van der Waals surface area contributed by atoms with Crippen LogP contribution in [0, 0.1) is 20.8 Å². The van der Waals surface area contributed by atoms with Gasteiger partial charge in [-0.15, -0.1) is 0 Å². The second kappa shape index (κ2) is 6.00. The molecule has 0 spiro atoms. The number of nitrogens with one attached hydrogen (secondary N) is 1. The zero-order valence-electron chi connectivity index (χ0n) is 13.2. The second-order valence-electron chi connectivity index (χ2n) is 5.42. The van der Waals surface area contributed by atoms with Crippen molar-refractivity contribution in [2.45, 2.75) is 20.8 Å². The summed E-state index contributed by atoms with van der Waals surface area (Å²) >= 11 is 0. The molecular weight excluding hydrogens is 290 g/mol. The highest BCUT2D eigenvalue weighted by Crippen LogP contribution is 2.13. The van der Waals surface area contributed by atoms with Crippen molar-refractivity contribution in [3.63, 3.8) is 0 Å². The van der Waals surface area contributed by atoms with Gasteiger partial charge in [0.05, 0.1) is 5.69 Å². The van der Waals surface area contributed by atoms with Crippen molar-refractivity contribution in [2.75, 3.05) is 5.32 Å². The van der Waals surface area contributed by atoms with Crippen LogP contribution in [-0.4, -0.2) is 25.7 Å². The summed E-state index contributed by atoms with van der Waals surface area (Å²) in [5.74, 6) is 0.853. The zero-order chi connectivity index (χ0) is 16.4. The van der Waals surface area contributed by atoms with Crippen molar-refractivity contribution in [1.82, 2.24) is 19.7 Å². The van der Waals surface area contributed by atoms with Crippen molar-refractivity contribution in [3.8, 4) is 5.82 Å². The van der Waals surface area contributed by atoms with E-state index < -0.39 is 0 Å². The van der Waals surface area contributed by atoms with Gasteiger partial charge < -0.3 is 5.32 Å². The summed E-state index contributed by atoms with van der Waals surface area (Å²) in [5.41, 5.74) is 3.50. The molecule has 0 bridgehead atoms. The first kappa shape index (κ1) is 14.9. The molecule has 0 aliphatic heterocycles. The molecule has 1 amide bonds. The van der Waals surface area contributed by atoms with Crippen molar-refractivity contribution in [2.24, 2.45) is 0 Å². The fourth-order valence-corrected chi connectivity index (χ4v) is 2.37. The fraction of sp³-hybridized carbons (Fsp3) is 0.176. The molecule has 116 valence electrons. The molecule has 0 saturated carbocycles. The number of benzene rings is 1. The first-order chi connectivity index (χ1) is 11.0. The van der Waals surface area contributed by atoms with E-state index in [1.54, 1.807) is 16.8 Å². The van der Waals surface area contributed by atoms with E-state index in [9.17, 15) is 4.79 Å². The molecule has 6 heteroatoms. The second-order valence-corrected chi connectivity index (χ2v) is 5.42. The molecule has 0 aliphatic carbocycles. The average Bonchev–Trinajstić information content (AvgIpc) is 2.86. The van der Waals surface area contributed by atoms with E-state index in [-0.39, 0.29) is 5.91 Å². The largest absolute Gasteiger partial charge is 0.306 e. The Labute approximate surface area is 134 Å². The van der Waals surface area contributed by atoms with Crippen LogP contribution >= 0.6 is 0 Å². The lowest BCUT2D eigenvalue weighted by molar-refractivity contribution is 0.102. The number of hydrogen-bond donors (Lipinski definition) is 1. The van der Waals surface area contributed by atoms with Crippen LogP contribution in [0.15, 0.2) is 42.7 Å². The topological polar surface area (TPSA) is 72.7 Å². The summed E-state index contributed by atoms with van der Waals surface area (Å²) < 4.78 is 1.72. The number of carbonyl (C=O) groups is 1. The molecule has 0 fully saturated rings. The maximum Gasteiger partial charge on any atom is 0.256 e. The Morgan fingerprint density at radius 2 is 1.91 bits per heavy atom. The number of carbonyl (C=O) groups excluding carboxylic acids is 1. The summed E-state index contributed by atoms with van der Waals surface area (Å²) in [7, 11) is 0. The van der Waals surface area contributed by atoms with Crippen LogP contribution in [0.4, 0.5) is 5.82 Å². The molecule has 2 aromatic heterocycles. The van der Waals surface area contributed by atoms with Gasteiger partial charge in [-0.05, 0) is 39.0 Å². The van der Waals surface area contributed by atoms with Crippen molar-refractivity contribution in [3.05, 3.63) is 65.2 Å². The number of amides is 1. The number of hydrogen-bond acceptors (Lipinski definition) is 4. The van der Waals surface area contributed by atoms with Gasteiger partial charge in [0.1, 0.15) is 12.1 Å². The minimum absolute atomic E-state index is 0.202. The van der Waals surface area contributed by atoms with Gasteiger partial charge in [0.25, 0.3) is 5.91 Å². The lowest BCUT2D eigenvalue weighted by atomic mass is 10.1. The standard InChI is InChI=1S/C17H17N5O/c1-11-5-4-6-14(7-11)17(23)20-15-9-16(19-10-18-15)22-13(3)8-12(2)21-22/h4-10H,1-3H3,(H,18,19,20,23).